The lowest BCUT2D eigenvalue weighted by Crippen LogP contribution is -2.56. The van der Waals surface area contributed by atoms with Gasteiger partial charge in [-0.1, -0.05) is 55.8 Å². The van der Waals surface area contributed by atoms with Gasteiger partial charge < -0.3 is 20.4 Å². The quantitative estimate of drug-likeness (QED) is 0.408. The summed E-state index contributed by atoms with van der Waals surface area (Å²) in [6, 6.07) is 14.3. The lowest BCUT2D eigenvalue weighted by atomic mass is 9.94. The molecule has 2 atom stereocenters. The maximum atomic E-state index is 14.0. The van der Waals surface area contributed by atoms with Crippen LogP contribution in [0.4, 0.5) is 0 Å². The lowest BCUT2D eigenvalue weighted by Gasteiger charge is -2.46. The smallest absolute Gasteiger partial charge is 0.252 e. The van der Waals surface area contributed by atoms with E-state index in [4.69, 9.17) is 11.6 Å². The molecule has 0 unspecified atom stereocenters. The zero-order chi connectivity index (χ0) is 32.1. The van der Waals surface area contributed by atoms with Gasteiger partial charge in [0.05, 0.1) is 12.5 Å². The predicted molar refractivity (Wildman–Crippen MR) is 175 cm³/mol. The van der Waals surface area contributed by atoms with Gasteiger partial charge >= 0.3 is 0 Å². The molecule has 2 N–H and O–H groups in total. The van der Waals surface area contributed by atoms with Gasteiger partial charge in [-0.15, -0.1) is 0 Å². The van der Waals surface area contributed by atoms with Crippen LogP contribution < -0.4 is 10.6 Å². The molecule has 2 aromatic rings. The Morgan fingerprint density at radius 3 is 2.13 bits per heavy atom. The van der Waals surface area contributed by atoms with Gasteiger partial charge in [-0.05, 0) is 60.9 Å². The highest BCUT2D eigenvalue weighted by Crippen LogP contribution is 2.29. The first kappa shape index (κ1) is 32.9. The van der Waals surface area contributed by atoms with Crippen molar-refractivity contribution in [3.63, 3.8) is 0 Å². The number of fused-ring (bicyclic) bond motifs is 1. The van der Waals surface area contributed by atoms with Crippen molar-refractivity contribution in [1.82, 2.24) is 25.3 Å². The van der Waals surface area contributed by atoms with Crippen molar-refractivity contribution < 1.29 is 19.2 Å². The van der Waals surface area contributed by atoms with E-state index in [1.165, 1.54) is 0 Å². The van der Waals surface area contributed by atoms with Crippen molar-refractivity contribution in [3.05, 3.63) is 70.2 Å². The maximum absolute atomic E-state index is 14.0. The van der Waals surface area contributed by atoms with Gasteiger partial charge in [-0.25, -0.2) is 0 Å². The summed E-state index contributed by atoms with van der Waals surface area (Å²) in [5.74, 6) is 0.118. The first-order valence-corrected chi connectivity index (χ1v) is 16.7. The van der Waals surface area contributed by atoms with Gasteiger partial charge in [-0.2, -0.15) is 0 Å². The summed E-state index contributed by atoms with van der Waals surface area (Å²) < 4.78 is 0. The van der Waals surface area contributed by atoms with Gasteiger partial charge in [0.1, 0.15) is 6.04 Å². The second-order valence-electron chi connectivity index (χ2n) is 13.2. The fourth-order valence-corrected chi connectivity index (χ4v) is 7.27. The van der Waals surface area contributed by atoms with Gasteiger partial charge in [0.2, 0.25) is 17.7 Å². The molecule has 3 aliphatic rings. The SMILES string of the molecule is CC(=O)N1CCC(N(CC(C)C)C2CCN(C(=O)[C@@H](Cc3ccc(Cl)cc3)NC(=O)C[C@@H]3NC(=O)c4ccccc43)CC2)CC1. The molecule has 3 heterocycles. The number of likely N-dealkylation sites (tertiary alicyclic amines) is 2. The highest BCUT2D eigenvalue weighted by atomic mass is 35.5. The third-order valence-corrected chi connectivity index (χ3v) is 9.71. The highest BCUT2D eigenvalue weighted by molar-refractivity contribution is 6.30. The minimum absolute atomic E-state index is 0.0574. The molecular formula is C35H46ClN5O4. The highest BCUT2D eigenvalue weighted by Gasteiger charge is 2.36. The Bertz CT molecular complexity index is 1370. The number of piperidine rings is 2. The van der Waals surface area contributed by atoms with Crippen molar-refractivity contribution in [1.29, 1.82) is 0 Å². The third kappa shape index (κ3) is 8.24. The Labute approximate surface area is 271 Å². The number of rotatable bonds is 10. The molecule has 45 heavy (non-hydrogen) atoms. The molecule has 0 bridgehead atoms. The molecule has 5 rings (SSSR count). The Kier molecular flexibility index (Phi) is 10.8. The first-order chi connectivity index (χ1) is 21.6. The van der Waals surface area contributed by atoms with Crippen LogP contribution in [-0.4, -0.2) is 89.2 Å². The maximum Gasteiger partial charge on any atom is 0.252 e. The van der Waals surface area contributed by atoms with E-state index in [-0.39, 0.29) is 30.0 Å². The van der Waals surface area contributed by atoms with Crippen LogP contribution in [-0.2, 0) is 20.8 Å². The van der Waals surface area contributed by atoms with E-state index < -0.39 is 12.1 Å². The van der Waals surface area contributed by atoms with E-state index in [0.29, 0.717) is 48.1 Å². The van der Waals surface area contributed by atoms with Crippen molar-refractivity contribution in [3.8, 4) is 0 Å². The summed E-state index contributed by atoms with van der Waals surface area (Å²) in [7, 11) is 0. The molecule has 0 spiro atoms. The average Bonchev–Trinajstić information content (AvgIpc) is 3.34. The molecule has 0 saturated carbocycles. The third-order valence-electron chi connectivity index (χ3n) is 9.46. The zero-order valence-corrected chi connectivity index (χ0v) is 27.4. The monoisotopic (exact) mass is 635 g/mol. The minimum atomic E-state index is -0.731. The molecule has 9 nitrogen and oxygen atoms in total. The van der Waals surface area contributed by atoms with Crippen molar-refractivity contribution in [2.24, 2.45) is 5.92 Å². The normalized spacial score (nSPS) is 19.9. The number of nitrogens with one attached hydrogen (secondary N) is 2. The fraction of sp³-hybridized carbons (Fsp3) is 0.543. The number of halogens is 1. The second-order valence-corrected chi connectivity index (χ2v) is 13.6. The molecule has 0 aromatic heterocycles. The van der Waals surface area contributed by atoms with E-state index in [0.717, 1.165) is 56.4 Å². The number of hydrogen-bond donors (Lipinski definition) is 2. The molecule has 2 fully saturated rings. The number of benzene rings is 2. The van der Waals surface area contributed by atoms with E-state index >= 15 is 0 Å². The van der Waals surface area contributed by atoms with Crippen LogP contribution in [0.1, 0.15) is 80.4 Å². The molecule has 4 amide bonds. The number of hydrogen-bond acceptors (Lipinski definition) is 5. The summed E-state index contributed by atoms with van der Waals surface area (Å²) in [6.45, 7) is 9.99. The summed E-state index contributed by atoms with van der Waals surface area (Å²) in [5, 5.41) is 6.53. The van der Waals surface area contributed by atoms with Crippen LogP contribution in [0.2, 0.25) is 5.02 Å². The number of carbonyl (C=O) groups is 4. The largest absolute Gasteiger partial charge is 0.345 e. The Hall–Kier alpha value is -3.43. The number of amides is 4. The van der Waals surface area contributed by atoms with Gasteiger partial charge in [0.15, 0.2) is 0 Å². The van der Waals surface area contributed by atoms with Crippen LogP contribution in [0, 0.1) is 5.92 Å². The standard InChI is InChI=1S/C35H46ClN5O4/c1-23(2)22-41(27-12-16-39(17-13-27)24(3)42)28-14-18-40(19-15-28)35(45)32(20-25-8-10-26(36)11-9-25)37-33(43)21-31-29-6-4-5-7-30(29)34(44)38-31/h4-11,23,27-28,31-32H,12-22H2,1-3H3,(H,37,43)(H,38,44)/t31-,32+/m0/s1. The second kappa shape index (κ2) is 14.8. The van der Waals surface area contributed by atoms with E-state index in [2.05, 4.69) is 29.4 Å². The van der Waals surface area contributed by atoms with Crippen molar-refractivity contribution in [2.45, 2.75) is 83.5 Å². The van der Waals surface area contributed by atoms with E-state index in [1.807, 2.05) is 40.1 Å². The molecule has 3 aliphatic heterocycles. The van der Waals surface area contributed by atoms with E-state index in [1.54, 1.807) is 25.1 Å². The Balaban J connectivity index is 1.24. The van der Waals surface area contributed by atoms with Crippen LogP contribution in [0.5, 0.6) is 0 Å². The summed E-state index contributed by atoms with van der Waals surface area (Å²) in [4.78, 5) is 58.1. The van der Waals surface area contributed by atoms with Gasteiger partial charge in [-0.3, -0.25) is 24.1 Å². The Morgan fingerprint density at radius 1 is 0.933 bits per heavy atom. The number of carbonyl (C=O) groups excluding carboxylic acids is 4. The van der Waals surface area contributed by atoms with Gasteiger partial charge in [0, 0.05) is 68.7 Å². The molecule has 0 aliphatic carbocycles. The van der Waals surface area contributed by atoms with Gasteiger partial charge in [0.25, 0.3) is 5.91 Å². The number of nitrogens with zero attached hydrogens (tertiary/aromatic N) is 3. The molecule has 2 saturated heterocycles. The fourth-order valence-electron chi connectivity index (χ4n) is 7.15. The minimum Gasteiger partial charge on any atom is -0.345 e. The molecular weight excluding hydrogens is 590 g/mol. The first-order valence-electron chi connectivity index (χ1n) is 16.3. The summed E-state index contributed by atoms with van der Waals surface area (Å²) >= 11 is 6.11. The van der Waals surface area contributed by atoms with Crippen molar-refractivity contribution in [2.75, 3.05) is 32.7 Å². The lowest BCUT2D eigenvalue weighted by molar-refractivity contribution is -0.138. The Morgan fingerprint density at radius 2 is 1.53 bits per heavy atom. The van der Waals surface area contributed by atoms with Crippen LogP contribution in [0.3, 0.4) is 0 Å². The summed E-state index contributed by atoms with van der Waals surface area (Å²) in [5.41, 5.74) is 2.30. The van der Waals surface area contributed by atoms with Crippen LogP contribution in [0.15, 0.2) is 48.5 Å². The predicted octanol–water partition coefficient (Wildman–Crippen LogP) is 4.20. The molecule has 0 radical (unpaired) electrons. The molecule has 242 valence electrons. The average molecular weight is 636 g/mol. The molecule has 2 aromatic carbocycles. The van der Waals surface area contributed by atoms with Crippen LogP contribution in [0.25, 0.3) is 0 Å². The zero-order valence-electron chi connectivity index (χ0n) is 26.6. The van der Waals surface area contributed by atoms with Crippen LogP contribution >= 0.6 is 11.6 Å². The summed E-state index contributed by atoms with van der Waals surface area (Å²) in [6.07, 6.45) is 4.11. The van der Waals surface area contributed by atoms with Crippen molar-refractivity contribution >= 4 is 35.2 Å². The topological polar surface area (TPSA) is 102 Å². The van der Waals surface area contributed by atoms with E-state index in [9.17, 15) is 19.2 Å². The molecule has 10 heteroatoms.